The van der Waals surface area contributed by atoms with E-state index >= 15 is 0 Å². The Kier molecular flexibility index (Phi) is 7.38. The van der Waals surface area contributed by atoms with E-state index < -0.39 is 6.36 Å². The summed E-state index contributed by atoms with van der Waals surface area (Å²) in [4.78, 5) is 11.6. The smallest absolute Gasteiger partial charge is 0.406 e. The Bertz CT molecular complexity index is 422. The number of alkyl halides is 3. The van der Waals surface area contributed by atoms with Gasteiger partial charge in [-0.3, -0.25) is 4.79 Å². The van der Waals surface area contributed by atoms with E-state index in [0.29, 0.717) is 13.0 Å². The van der Waals surface area contributed by atoms with Gasteiger partial charge in [-0.2, -0.15) is 0 Å². The quantitative estimate of drug-likeness (QED) is 0.878. The molecule has 1 aromatic rings. The Morgan fingerprint density at radius 1 is 1.35 bits per heavy atom. The highest BCUT2D eigenvalue weighted by molar-refractivity contribution is 5.94. The number of halogens is 4. The summed E-state index contributed by atoms with van der Waals surface area (Å²) in [5.74, 6) is -0.723. The summed E-state index contributed by atoms with van der Waals surface area (Å²) < 4.78 is 39.5. The van der Waals surface area contributed by atoms with Gasteiger partial charge in [0.15, 0.2) is 0 Å². The van der Waals surface area contributed by atoms with Crippen molar-refractivity contribution in [2.24, 2.45) is 5.73 Å². The Morgan fingerprint density at radius 2 is 1.90 bits per heavy atom. The molecule has 1 atom stereocenters. The van der Waals surface area contributed by atoms with Gasteiger partial charge in [-0.05, 0) is 37.6 Å². The summed E-state index contributed by atoms with van der Waals surface area (Å²) in [5.41, 5.74) is 5.78. The van der Waals surface area contributed by atoms with Crippen LogP contribution >= 0.6 is 12.4 Å². The molecule has 0 aliphatic rings. The number of ether oxygens (including phenoxy) is 1. The third kappa shape index (κ3) is 7.20. The lowest BCUT2D eigenvalue weighted by Gasteiger charge is -2.10. The van der Waals surface area contributed by atoms with Gasteiger partial charge in [-0.25, -0.2) is 0 Å². The van der Waals surface area contributed by atoms with Crippen LogP contribution in [0.1, 0.15) is 23.7 Å². The van der Waals surface area contributed by atoms with Crippen molar-refractivity contribution in [3.05, 3.63) is 29.8 Å². The van der Waals surface area contributed by atoms with E-state index in [2.05, 4.69) is 10.1 Å². The van der Waals surface area contributed by atoms with E-state index in [1.807, 2.05) is 6.92 Å². The summed E-state index contributed by atoms with van der Waals surface area (Å²) in [6, 6.07) is 4.69. The molecule has 0 saturated carbocycles. The Hall–Kier alpha value is -1.47. The minimum Gasteiger partial charge on any atom is -0.406 e. The summed E-state index contributed by atoms with van der Waals surface area (Å²) in [6.07, 6.45) is -4.11. The van der Waals surface area contributed by atoms with Crippen LogP contribution in [0.25, 0.3) is 0 Å². The maximum absolute atomic E-state index is 11.9. The highest BCUT2D eigenvalue weighted by Crippen LogP contribution is 2.22. The van der Waals surface area contributed by atoms with E-state index in [0.717, 1.165) is 12.1 Å². The Labute approximate surface area is 120 Å². The van der Waals surface area contributed by atoms with Crippen LogP contribution in [-0.2, 0) is 0 Å². The third-order valence-corrected chi connectivity index (χ3v) is 2.24. The first-order chi connectivity index (χ1) is 8.78. The highest BCUT2D eigenvalue weighted by Gasteiger charge is 2.31. The van der Waals surface area contributed by atoms with Crippen molar-refractivity contribution in [1.29, 1.82) is 0 Å². The van der Waals surface area contributed by atoms with Crippen LogP contribution in [-0.4, -0.2) is 24.9 Å². The molecule has 114 valence electrons. The van der Waals surface area contributed by atoms with Crippen LogP contribution in [0.15, 0.2) is 24.3 Å². The first-order valence-electron chi connectivity index (χ1n) is 5.67. The zero-order valence-electron chi connectivity index (χ0n) is 10.7. The van der Waals surface area contributed by atoms with Gasteiger partial charge in [0.2, 0.25) is 0 Å². The predicted octanol–water partition coefficient (Wildman–Crippen LogP) is 2.47. The fraction of sp³-hybridized carbons (Fsp3) is 0.417. The van der Waals surface area contributed by atoms with Gasteiger partial charge in [0, 0.05) is 18.2 Å². The summed E-state index contributed by atoms with van der Waals surface area (Å²) in [5, 5.41) is 2.62. The molecule has 0 spiro atoms. The van der Waals surface area contributed by atoms with Crippen LogP contribution < -0.4 is 15.8 Å². The predicted molar refractivity (Wildman–Crippen MR) is 71.0 cm³/mol. The van der Waals surface area contributed by atoms with Crippen molar-refractivity contribution in [1.82, 2.24) is 5.32 Å². The van der Waals surface area contributed by atoms with Gasteiger partial charge in [-0.1, -0.05) is 0 Å². The average Bonchev–Trinajstić information content (AvgIpc) is 2.27. The molecule has 1 aromatic carbocycles. The van der Waals surface area contributed by atoms with E-state index in [4.69, 9.17) is 5.73 Å². The van der Waals surface area contributed by atoms with Gasteiger partial charge in [0.25, 0.3) is 5.91 Å². The molecule has 0 aliphatic carbocycles. The lowest BCUT2D eigenvalue weighted by atomic mass is 10.2. The second-order valence-electron chi connectivity index (χ2n) is 4.09. The van der Waals surface area contributed by atoms with Crippen molar-refractivity contribution in [2.75, 3.05) is 6.54 Å². The molecule has 0 aliphatic heterocycles. The number of nitrogens with one attached hydrogen (secondary N) is 1. The van der Waals surface area contributed by atoms with Crippen molar-refractivity contribution in [3.8, 4) is 5.75 Å². The largest absolute Gasteiger partial charge is 0.573 e. The first-order valence-corrected chi connectivity index (χ1v) is 5.67. The second-order valence-corrected chi connectivity index (χ2v) is 4.09. The maximum atomic E-state index is 11.9. The highest BCUT2D eigenvalue weighted by atomic mass is 35.5. The Morgan fingerprint density at radius 3 is 2.35 bits per heavy atom. The zero-order chi connectivity index (χ0) is 14.5. The molecular formula is C12H16ClF3N2O2. The minimum absolute atomic E-state index is 0. The molecule has 1 amide bonds. The summed E-state index contributed by atoms with van der Waals surface area (Å²) in [7, 11) is 0. The van der Waals surface area contributed by atoms with Gasteiger partial charge in [0.1, 0.15) is 5.75 Å². The van der Waals surface area contributed by atoms with Crippen molar-refractivity contribution >= 4 is 18.3 Å². The van der Waals surface area contributed by atoms with Crippen LogP contribution in [0.3, 0.4) is 0 Å². The molecule has 8 heteroatoms. The fourth-order valence-corrected chi connectivity index (χ4v) is 1.32. The van der Waals surface area contributed by atoms with E-state index in [1.165, 1.54) is 12.1 Å². The lowest BCUT2D eigenvalue weighted by Crippen LogP contribution is -2.28. The van der Waals surface area contributed by atoms with Crippen LogP contribution in [0.5, 0.6) is 5.75 Å². The molecule has 3 N–H and O–H groups in total. The van der Waals surface area contributed by atoms with Gasteiger partial charge in [0.05, 0.1) is 0 Å². The van der Waals surface area contributed by atoms with Crippen LogP contribution in [0.2, 0.25) is 0 Å². The van der Waals surface area contributed by atoms with Gasteiger partial charge < -0.3 is 15.8 Å². The Balaban J connectivity index is 0.00000361. The maximum Gasteiger partial charge on any atom is 0.573 e. The monoisotopic (exact) mass is 312 g/mol. The molecule has 0 radical (unpaired) electrons. The van der Waals surface area contributed by atoms with Gasteiger partial charge in [-0.15, -0.1) is 25.6 Å². The van der Waals surface area contributed by atoms with Crippen LogP contribution in [0, 0.1) is 0 Å². The number of nitrogens with two attached hydrogens (primary N) is 1. The van der Waals surface area contributed by atoms with Crippen LogP contribution in [0.4, 0.5) is 13.2 Å². The number of hydrogen-bond donors (Lipinski definition) is 2. The lowest BCUT2D eigenvalue weighted by molar-refractivity contribution is -0.274. The van der Waals surface area contributed by atoms with E-state index in [9.17, 15) is 18.0 Å². The molecule has 0 heterocycles. The SMILES string of the molecule is CC(N)CCNC(=O)c1ccc(OC(F)(F)F)cc1.Cl. The summed E-state index contributed by atoms with van der Waals surface area (Å²) in [6.45, 7) is 2.23. The number of amides is 1. The molecule has 0 saturated heterocycles. The van der Waals surface area contributed by atoms with Crippen molar-refractivity contribution in [3.63, 3.8) is 0 Å². The van der Waals surface area contributed by atoms with Gasteiger partial charge >= 0.3 is 6.36 Å². The average molecular weight is 313 g/mol. The number of rotatable bonds is 5. The standard InChI is InChI=1S/C12H15F3N2O2.ClH/c1-8(16)6-7-17-11(18)9-2-4-10(5-3-9)19-12(13,14)15;/h2-5,8H,6-7,16H2,1H3,(H,17,18);1H. The van der Waals surface area contributed by atoms with E-state index in [1.54, 1.807) is 0 Å². The van der Waals surface area contributed by atoms with Crippen molar-refractivity contribution < 1.29 is 22.7 Å². The third-order valence-electron chi connectivity index (χ3n) is 2.24. The number of hydrogen-bond acceptors (Lipinski definition) is 3. The topological polar surface area (TPSA) is 64.3 Å². The second kappa shape index (κ2) is 7.96. The molecule has 0 aromatic heterocycles. The normalized spacial score (nSPS) is 12.2. The molecule has 1 unspecified atom stereocenters. The molecule has 0 bridgehead atoms. The summed E-state index contributed by atoms with van der Waals surface area (Å²) >= 11 is 0. The van der Waals surface area contributed by atoms with E-state index in [-0.39, 0.29) is 35.7 Å². The first kappa shape index (κ1) is 18.5. The molecule has 1 rings (SSSR count). The number of carbonyl (C=O) groups is 1. The number of benzene rings is 1. The molecule has 0 fully saturated rings. The molecule has 20 heavy (non-hydrogen) atoms. The molecular weight excluding hydrogens is 297 g/mol. The minimum atomic E-state index is -4.74. The molecule has 4 nitrogen and oxygen atoms in total. The van der Waals surface area contributed by atoms with Crippen molar-refractivity contribution in [2.45, 2.75) is 25.7 Å². The fourth-order valence-electron chi connectivity index (χ4n) is 1.32. The zero-order valence-corrected chi connectivity index (χ0v) is 11.6. The number of carbonyl (C=O) groups excluding carboxylic acids is 1.